The van der Waals surface area contributed by atoms with Gasteiger partial charge < -0.3 is 29.7 Å². The van der Waals surface area contributed by atoms with Crippen molar-refractivity contribution in [3.8, 4) is 11.5 Å². The number of anilines is 1. The molecule has 1 amide bonds. The number of esters is 1. The van der Waals surface area contributed by atoms with Crippen LogP contribution < -0.4 is 14.8 Å². The van der Waals surface area contributed by atoms with Gasteiger partial charge in [0, 0.05) is 32.5 Å². The van der Waals surface area contributed by atoms with Gasteiger partial charge in [0.05, 0.1) is 22.3 Å². The molecule has 2 aromatic carbocycles. The van der Waals surface area contributed by atoms with Crippen LogP contribution in [0.1, 0.15) is 20.3 Å². The van der Waals surface area contributed by atoms with Gasteiger partial charge in [0.25, 0.3) is 0 Å². The Morgan fingerprint density at radius 2 is 1.80 bits per heavy atom. The number of hydrogen-bond acceptors (Lipinski definition) is 8. The summed E-state index contributed by atoms with van der Waals surface area (Å²) in [7, 11) is 0. The number of amides is 1. The van der Waals surface area contributed by atoms with E-state index < -0.39 is 24.3 Å². The van der Waals surface area contributed by atoms with E-state index >= 15 is 0 Å². The van der Waals surface area contributed by atoms with E-state index in [0.29, 0.717) is 40.2 Å². The Labute approximate surface area is 243 Å². The molecule has 0 radical (unpaired) electrons. The number of para-hydroxylation sites is 2. The lowest BCUT2D eigenvalue weighted by Crippen LogP contribution is -2.43. The number of ether oxygens (including phenoxy) is 3. The molecule has 15 heteroatoms. The summed E-state index contributed by atoms with van der Waals surface area (Å²) in [6, 6.07) is 11.4. The van der Waals surface area contributed by atoms with Gasteiger partial charge in [0.1, 0.15) is 36.4 Å². The van der Waals surface area contributed by atoms with Gasteiger partial charge in [-0.3, -0.25) is 14.5 Å². The molecule has 3 rings (SSSR count). The molecule has 0 spiro atoms. The molecule has 3 atom stereocenters. The Hall–Kier alpha value is -3.26. The lowest BCUT2D eigenvalue weighted by molar-refractivity contribution is -0.192. The zero-order valence-electron chi connectivity index (χ0n) is 22.0. The second-order valence-electron chi connectivity index (χ2n) is 8.72. The summed E-state index contributed by atoms with van der Waals surface area (Å²) >= 11 is 12.0. The molecule has 0 aromatic heterocycles. The Kier molecular flexibility index (Phi) is 13.0. The summed E-state index contributed by atoms with van der Waals surface area (Å²) in [5.41, 5.74) is 0.517. The number of nitrogens with one attached hydrogen (secondary N) is 1. The van der Waals surface area contributed by atoms with Crippen LogP contribution >= 0.6 is 23.2 Å². The number of β-amino-alcohol motifs (C(OH)–C–C–N with tert-alkyl or cyclic N) is 1. The molecule has 0 bridgehead atoms. The van der Waals surface area contributed by atoms with Crippen molar-refractivity contribution in [1.82, 2.24) is 4.90 Å². The summed E-state index contributed by atoms with van der Waals surface area (Å²) in [4.78, 5) is 34.7. The fraction of sp³-hybridized carbons (Fsp3) is 0.423. The average Bonchev–Trinajstić information content (AvgIpc) is 3.27. The highest BCUT2D eigenvalue weighted by Gasteiger charge is 2.40. The average molecular weight is 625 g/mol. The minimum absolute atomic E-state index is 0.0268. The van der Waals surface area contributed by atoms with Crippen LogP contribution in [-0.4, -0.2) is 83.7 Å². The van der Waals surface area contributed by atoms with Crippen LogP contribution in [0.5, 0.6) is 11.5 Å². The van der Waals surface area contributed by atoms with E-state index in [0.717, 1.165) is 0 Å². The highest BCUT2D eigenvalue weighted by molar-refractivity contribution is 6.42. The van der Waals surface area contributed by atoms with Crippen molar-refractivity contribution in [2.24, 2.45) is 0 Å². The van der Waals surface area contributed by atoms with Gasteiger partial charge in [-0.2, -0.15) is 13.2 Å². The first kappa shape index (κ1) is 33.9. The van der Waals surface area contributed by atoms with Gasteiger partial charge in [-0.1, -0.05) is 35.3 Å². The van der Waals surface area contributed by atoms with Crippen molar-refractivity contribution in [3.05, 3.63) is 52.5 Å². The second kappa shape index (κ2) is 15.7. The fourth-order valence-electron chi connectivity index (χ4n) is 3.77. The lowest BCUT2D eigenvalue weighted by Gasteiger charge is -2.25. The van der Waals surface area contributed by atoms with Gasteiger partial charge >= 0.3 is 18.1 Å². The first-order chi connectivity index (χ1) is 19.2. The third-order valence-electron chi connectivity index (χ3n) is 5.43. The van der Waals surface area contributed by atoms with Crippen molar-refractivity contribution in [2.45, 2.75) is 44.7 Å². The third kappa shape index (κ3) is 11.3. The molecule has 3 N–H and O–H groups in total. The number of hydrogen-bond donors (Lipinski definition) is 3. The predicted octanol–water partition coefficient (Wildman–Crippen LogP) is 4.41. The number of aliphatic hydroxyl groups is 1. The van der Waals surface area contributed by atoms with Crippen LogP contribution in [0.15, 0.2) is 42.5 Å². The number of benzene rings is 2. The summed E-state index contributed by atoms with van der Waals surface area (Å²) < 4.78 is 48.7. The van der Waals surface area contributed by atoms with Crippen molar-refractivity contribution >= 4 is 46.7 Å². The van der Waals surface area contributed by atoms with Crippen LogP contribution in [0.25, 0.3) is 0 Å². The maximum Gasteiger partial charge on any atom is 0.490 e. The molecule has 1 unspecified atom stereocenters. The number of likely N-dealkylation sites (tertiary alicyclic amines) is 1. The van der Waals surface area contributed by atoms with Gasteiger partial charge in [-0.15, -0.1) is 0 Å². The fourth-order valence-corrected chi connectivity index (χ4v) is 4.06. The highest BCUT2D eigenvalue weighted by Crippen LogP contribution is 2.30. The van der Waals surface area contributed by atoms with Crippen LogP contribution in [0.4, 0.5) is 18.9 Å². The Morgan fingerprint density at radius 3 is 2.39 bits per heavy atom. The number of nitrogens with zero attached hydrogens (tertiary/aromatic N) is 1. The largest absolute Gasteiger partial charge is 0.490 e. The van der Waals surface area contributed by atoms with E-state index in [4.69, 9.17) is 47.3 Å². The SMILES string of the molecule is CCOC(=O)[C@@H]1C[C@H](Oc2ccc(Cl)c(Cl)c2)CN1CC(O)COc1ccccc1NC(C)=O.O=C(O)C(F)(F)F. The molecule has 41 heavy (non-hydrogen) atoms. The smallest absolute Gasteiger partial charge is 0.489 e. The van der Waals surface area contributed by atoms with E-state index in [2.05, 4.69) is 5.32 Å². The zero-order chi connectivity index (χ0) is 30.7. The number of carbonyl (C=O) groups excluding carboxylic acids is 2. The second-order valence-corrected chi connectivity index (χ2v) is 9.53. The molecule has 1 aliphatic heterocycles. The summed E-state index contributed by atoms with van der Waals surface area (Å²) in [6.45, 7) is 3.96. The van der Waals surface area contributed by atoms with E-state index in [1.807, 2.05) is 4.90 Å². The number of aliphatic hydroxyl groups excluding tert-OH is 1. The molecule has 1 fully saturated rings. The highest BCUT2D eigenvalue weighted by atomic mass is 35.5. The Morgan fingerprint density at radius 1 is 1.15 bits per heavy atom. The standard InChI is InChI=1S/C24H28Cl2N2O6.C2HF3O2/c1-3-32-24(31)22-11-18(34-17-8-9-19(25)20(26)10-17)13-28(22)12-16(30)14-33-23-7-5-4-6-21(23)27-15(2)29;3-2(4,5)1(6)7/h4-10,16,18,22,30H,3,11-14H2,1-2H3,(H,27,29);(H,6,7)/t16?,18-,22-;/m0./s1. The van der Waals surface area contributed by atoms with Crippen LogP contribution in [-0.2, 0) is 19.1 Å². The number of rotatable bonds is 10. The van der Waals surface area contributed by atoms with Crippen molar-refractivity contribution < 1.29 is 52.0 Å². The third-order valence-corrected chi connectivity index (χ3v) is 6.17. The van der Waals surface area contributed by atoms with Crippen molar-refractivity contribution in [2.75, 3.05) is 31.6 Å². The van der Waals surface area contributed by atoms with Gasteiger partial charge in [-0.05, 0) is 31.2 Å². The Balaban J connectivity index is 0.000000745. The molecule has 0 saturated carbocycles. The van der Waals surface area contributed by atoms with Gasteiger partial charge in [0.2, 0.25) is 5.91 Å². The maximum absolute atomic E-state index is 12.5. The molecular formula is C26H29Cl2F3N2O8. The maximum atomic E-state index is 12.5. The van der Waals surface area contributed by atoms with Crippen LogP contribution in [0, 0.1) is 0 Å². The van der Waals surface area contributed by atoms with Crippen molar-refractivity contribution in [3.63, 3.8) is 0 Å². The normalized spacial score (nSPS) is 17.6. The lowest BCUT2D eigenvalue weighted by atomic mass is 10.2. The molecule has 1 heterocycles. The molecule has 1 aliphatic rings. The number of carbonyl (C=O) groups is 3. The number of alkyl halides is 3. The number of aliphatic carboxylic acids is 1. The molecule has 2 aromatic rings. The summed E-state index contributed by atoms with van der Waals surface area (Å²) in [6.07, 6.45) is -5.89. The Bertz CT molecular complexity index is 1200. The molecule has 226 valence electrons. The molecular weight excluding hydrogens is 596 g/mol. The van der Waals surface area contributed by atoms with Gasteiger partial charge in [0.15, 0.2) is 0 Å². The first-order valence-corrected chi connectivity index (χ1v) is 13.0. The van der Waals surface area contributed by atoms with E-state index in [9.17, 15) is 27.9 Å². The monoisotopic (exact) mass is 624 g/mol. The minimum Gasteiger partial charge on any atom is -0.489 e. The molecule has 1 saturated heterocycles. The minimum atomic E-state index is -5.08. The summed E-state index contributed by atoms with van der Waals surface area (Å²) in [5, 5.41) is 21.3. The van der Waals surface area contributed by atoms with E-state index in [1.54, 1.807) is 49.4 Å². The quantitative estimate of drug-likeness (QED) is 0.329. The van der Waals surface area contributed by atoms with Crippen LogP contribution in [0.3, 0.4) is 0 Å². The van der Waals surface area contributed by atoms with E-state index in [-0.39, 0.29) is 37.7 Å². The number of halogens is 5. The van der Waals surface area contributed by atoms with Gasteiger partial charge in [-0.25, -0.2) is 4.79 Å². The first-order valence-electron chi connectivity index (χ1n) is 12.2. The molecule has 10 nitrogen and oxygen atoms in total. The summed E-state index contributed by atoms with van der Waals surface area (Å²) in [5.74, 6) is -2.36. The molecule has 0 aliphatic carbocycles. The zero-order valence-corrected chi connectivity index (χ0v) is 23.5. The number of carboxylic acids is 1. The predicted molar refractivity (Wildman–Crippen MR) is 143 cm³/mol. The number of carboxylic acid groups (broad SMARTS) is 1. The van der Waals surface area contributed by atoms with Crippen molar-refractivity contribution in [1.29, 1.82) is 0 Å². The topological polar surface area (TPSA) is 135 Å². The van der Waals surface area contributed by atoms with E-state index in [1.165, 1.54) is 6.92 Å². The van der Waals surface area contributed by atoms with Crippen LogP contribution in [0.2, 0.25) is 10.0 Å².